The van der Waals surface area contributed by atoms with Crippen LogP contribution in [0.25, 0.3) is 0 Å². The third-order valence-electron chi connectivity index (χ3n) is 5.50. The van der Waals surface area contributed by atoms with Gasteiger partial charge in [-0.25, -0.2) is 0 Å². The van der Waals surface area contributed by atoms with Gasteiger partial charge in [-0.1, -0.05) is 73.4 Å². The second-order valence-electron chi connectivity index (χ2n) is 8.38. The minimum Gasteiger partial charge on any atom is -0.366 e. The lowest BCUT2D eigenvalue weighted by Crippen LogP contribution is -2.39. The lowest BCUT2D eigenvalue weighted by Gasteiger charge is -2.36. The summed E-state index contributed by atoms with van der Waals surface area (Å²) >= 11 is 0. The first kappa shape index (κ1) is 24.2. The quantitative estimate of drug-likeness (QED) is 0.653. The van der Waals surface area contributed by atoms with E-state index in [1.54, 1.807) is 4.90 Å². The van der Waals surface area contributed by atoms with Gasteiger partial charge < -0.3 is 9.80 Å². The molecule has 0 bridgehead atoms. The van der Waals surface area contributed by atoms with Gasteiger partial charge in [-0.15, -0.1) is 0 Å². The van der Waals surface area contributed by atoms with Gasteiger partial charge >= 0.3 is 0 Å². The molecular weight excluding hydrogens is 348 g/mol. The average molecular weight is 389 g/mol. The van der Waals surface area contributed by atoms with Crippen LogP contribution >= 0.6 is 0 Å². The van der Waals surface area contributed by atoms with Crippen LogP contribution in [0.1, 0.15) is 80.6 Å². The molecule has 2 aliphatic rings. The van der Waals surface area contributed by atoms with Crippen LogP contribution in [0, 0.1) is 5.41 Å². The molecule has 4 nitrogen and oxygen atoms in total. The van der Waals surface area contributed by atoms with Crippen molar-refractivity contribution in [3.05, 3.63) is 24.3 Å². The Morgan fingerprint density at radius 1 is 1.04 bits per heavy atom. The maximum Gasteiger partial charge on any atom is 0.229 e. The lowest BCUT2D eigenvalue weighted by atomic mass is 9.90. The molecule has 1 aliphatic carbocycles. The Bertz CT molecular complexity index is 642. The molecule has 28 heavy (non-hydrogen) atoms. The van der Waals surface area contributed by atoms with Crippen molar-refractivity contribution in [3.8, 4) is 0 Å². The van der Waals surface area contributed by atoms with Gasteiger partial charge in [0.05, 0.1) is 17.9 Å². The van der Waals surface area contributed by atoms with Gasteiger partial charge in [0.15, 0.2) is 5.78 Å². The Hall–Kier alpha value is -1.84. The molecule has 158 valence electrons. The minimum absolute atomic E-state index is 0. The molecule has 1 fully saturated rings. The van der Waals surface area contributed by atoms with E-state index in [1.807, 2.05) is 52.8 Å². The van der Waals surface area contributed by atoms with Crippen LogP contribution in [0.5, 0.6) is 0 Å². The number of Topliss-reactive ketones (excluding diaryl/α,β-unsaturated/α-hetero) is 1. The summed E-state index contributed by atoms with van der Waals surface area (Å²) in [6.07, 6.45) is 6.72. The molecule has 0 saturated heterocycles. The topological polar surface area (TPSA) is 40.6 Å². The van der Waals surface area contributed by atoms with Crippen molar-refractivity contribution in [3.63, 3.8) is 0 Å². The van der Waals surface area contributed by atoms with Crippen LogP contribution in [-0.2, 0) is 9.59 Å². The van der Waals surface area contributed by atoms with Gasteiger partial charge in [0.25, 0.3) is 0 Å². The average Bonchev–Trinajstić information content (AvgIpc) is 2.81. The van der Waals surface area contributed by atoms with Crippen molar-refractivity contribution in [2.75, 3.05) is 22.9 Å². The van der Waals surface area contributed by atoms with E-state index in [0.29, 0.717) is 12.5 Å². The zero-order valence-electron chi connectivity index (χ0n) is 17.8. The fraction of sp³-hybridized carbons (Fsp3) is 0.667. The molecule has 0 N–H and O–H groups in total. The zero-order chi connectivity index (χ0) is 20.0. The molecule has 1 aromatic rings. The highest BCUT2D eigenvalue weighted by Gasteiger charge is 2.33. The SMILES string of the molecule is C.CC.CC(C)(C)C(=O)CN1C(=O)CCN(C2CCCCC2)c2ccccc21. The number of para-hydroxylation sites is 2. The predicted molar refractivity (Wildman–Crippen MR) is 120 cm³/mol. The van der Waals surface area contributed by atoms with Gasteiger partial charge in [0, 0.05) is 24.4 Å². The number of fused-ring (bicyclic) bond motifs is 1. The molecule has 1 saturated carbocycles. The van der Waals surface area contributed by atoms with E-state index < -0.39 is 5.41 Å². The summed E-state index contributed by atoms with van der Waals surface area (Å²) in [5.74, 6) is 0.158. The van der Waals surface area contributed by atoms with Crippen molar-refractivity contribution in [2.24, 2.45) is 5.41 Å². The van der Waals surface area contributed by atoms with Crippen molar-refractivity contribution in [1.82, 2.24) is 0 Å². The van der Waals surface area contributed by atoms with E-state index in [2.05, 4.69) is 11.0 Å². The Morgan fingerprint density at radius 3 is 2.18 bits per heavy atom. The van der Waals surface area contributed by atoms with Crippen molar-refractivity contribution >= 4 is 23.1 Å². The molecule has 1 heterocycles. The van der Waals surface area contributed by atoms with Crippen LogP contribution in [0.15, 0.2) is 24.3 Å². The van der Waals surface area contributed by atoms with E-state index in [4.69, 9.17) is 0 Å². The Kier molecular flexibility index (Phi) is 9.19. The fourth-order valence-electron chi connectivity index (χ4n) is 3.87. The van der Waals surface area contributed by atoms with Gasteiger partial charge in [0.1, 0.15) is 0 Å². The zero-order valence-corrected chi connectivity index (χ0v) is 17.8. The number of nitrogens with zero attached hydrogens (tertiary/aromatic N) is 2. The summed E-state index contributed by atoms with van der Waals surface area (Å²) < 4.78 is 0. The molecular formula is C24H40N2O2. The summed E-state index contributed by atoms with van der Waals surface area (Å²) in [6.45, 7) is 10.7. The second-order valence-corrected chi connectivity index (χ2v) is 8.38. The maximum atomic E-state index is 12.8. The standard InChI is InChI=1S/C21H30N2O2.C2H6.CH4/c1-21(2,3)19(24)15-23-18-12-8-7-11-17(18)22(14-13-20(23)25)16-9-5-4-6-10-16;1-2;/h7-8,11-12,16H,4-6,9-10,13-15H2,1-3H3;1-2H3;1H4. The maximum absolute atomic E-state index is 12.8. The molecule has 0 atom stereocenters. The number of carbonyl (C=O) groups is 2. The van der Waals surface area contributed by atoms with Crippen LogP contribution in [0.4, 0.5) is 11.4 Å². The Labute approximate surface area is 172 Å². The number of hydrogen-bond donors (Lipinski definition) is 0. The molecule has 0 radical (unpaired) electrons. The predicted octanol–water partition coefficient (Wildman–Crippen LogP) is 5.84. The largest absolute Gasteiger partial charge is 0.366 e. The highest BCUT2D eigenvalue weighted by Crippen LogP contribution is 2.37. The minimum atomic E-state index is -0.440. The fourth-order valence-corrected chi connectivity index (χ4v) is 3.87. The van der Waals surface area contributed by atoms with Crippen LogP contribution < -0.4 is 9.80 Å². The summed E-state index contributed by atoms with van der Waals surface area (Å²) in [5, 5.41) is 0. The third-order valence-corrected chi connectivity index (χ3v) is 5.50. The number of amides is 1. The number of carbonyl (C=O) groups excluding carboxylic acids is 2. The van der Waals surface area contributed by atoms with Crippen molar-refractivity contribution in [2.45, 2.75) is 86.6 Å². The van der Waals surface area contributed by atoms with Crippen LogP contribution in [0.2, 0.25) is 0 Å². The van der Waals surface area contributed by atoms with Crippen LogP contribution in [0.3, 0.4) is 0 Å². The monoisotopic (exact) mass is 388 g/mol. The summed E-state index contributed by atoms with van der Waals surface area (Å²) in [7, 11) is 0. The van der Waals surface area contributed by atoms with E-state index in [0.717, 1.165) is 17.9 Å². The number of hydrogen-bond acceptors (Lipinski definition) is 3. The Morgan fingerprint density at radius 2 is 1.61 bits per heavy atom. The molecule has 1 aromatic carbocycles. The number of anilines is 2. The Balaban J connectivity index is 0.00000127. The first-order valence-electron chi connectivity index (χ1n) is 10.6. The molecule has 0 aromatic heterocycles. The van der Waals surface area contributed by atoms with Gasteiger partial charge in [-0.2, -0.15) is 0 Å². The highest BCUT2D eigenvalue weighted by molar-refractivity contribution is 6.03. The first-order valence-corrected chi connectivity index (χ1v) is 10.6. The van der Waals surface area contributed by atoms with E-state index in [9.17, 15) is 9.59 Å². The number of benzene rings is 1. The van der Waals surface area contributed by atoms with Crippen molar-refractivity contribution in [1.29, 1.82) is 0 Å². The summed E-state index contributed by atoms with van der Waals surface area (Å²) in [4.78, 5) is 29.5. The molecule has 1 amide bonds. The second kappa shape index (κ2) is 10.6. The third kappa shape index (κ3) is 5.59. The first-order chi connectivity index (χ1) is 12.9. The van der Waals surface area contributed by atoms with E-state index in [1.165, 1.54) is 32.1 Å². The molecule has 0 unspecified atom stereocenters. The highest BCUT2D eigenvalue weighted by atomic mass is 16.2. The van der Waals surface area contributed by atoms with Gasteiger partial charge in [-0.05, 0) is 25.0 Å². The number of rotatable bonds is 3. The molecule has 1 aliphatic heterocycles. The van der Waals surface area contributed by atoms with Crippen molar-refractivity contribution < 1.29 is 9.59 Å². The molecule has 3 rings (SSSR count). The normalized spacial score (nSPS) is 17.7. The smallest absolute Gasteiger partial charge is 0.229 e. The van der Waals surface area contributed by atoms with Gasteiger partial charge in [0.2, 0.25) is 5.91 Å². The summed E-state index contributed by atoms with van der Waals surface area (Å²) in [5.41, 5.74) is 1.57. The van der Waals surface area contributed by atoms with Crippen LogP contribution in [-0.4, -0.2) is 30.8 Å². The summed E-state index contributed by atoms with van der Waals surface area (Å²) in [6, 6.07) is 8.61. The molecule has 0 spiro atoms. The molecule has 4 heteroatoms. The van der Waals surface area contributed by atoms with Gasteiger partial charge in [-0.3, -0.25) is 9.59 Å². The van der Waals surface area contributed by atoms with E-state index >= 15 is 0 Å². The lowest BCUT2D eigenvalue weighted by molar-refractivity contribution is -0.127. The van der Waals surface area contributed by atoms with E-state index in [-0.39, 0.29) is 25.7 Å². The number of ketones is 1.